The summed E-state index contributed by atoms with van der Waals surface area (Å²) in [6, 6.07) is 4.76. The first-order valence-corrected chi connectivity index (χ1v) is 7.08. The number of phenols is 1. The Morgan fingerprint density at radius 3 is 3.00 bits per heavy atom. The minimum Gasteiger partial charge on any atom is -0.507 e. The Balaban J connectivity index is 1.86. The molecule has 1 amide bonds. The molecule has 20 heavy (non-hydrogen) atoms. The van der Waals surface area contributed by atoms with E-state index >= 15 is 0 Å². The Morgan fingerprint density at radius 1 is 1.55 bits per heavy atom. The Hall–Kier alpha value is -1.82. The number of nitrogens with one attached hydrogen (secondary N) is 1. The average molecular weight is 338 g/mol. The maximum atomic E-state index is 12.0. The van der Waals surface area contributed by atoms with Crippen LogP contribution in [0, 0.1) is 5.92 Å². The van der Waals surface area contributed by atoms with E-state index in [2.05, 4.69) is 33.2 Å². The smallest absolute Gasteiger partial charge is 0.251 e. The van der Waals surface area contributed by atoms with E-state index in [-0.39, 0.29) is 17.6 Å². The number of phenolic OH excluding ortho intramolecular Hbond substituents is 1. The first-order chi connectivity index (χ1) is 9.56. The number of rotatable bonds is 5. The van der Waals surface area contributed by atoms with Crippen LogP contribution in [0.15, 0.2) is 41.4 Å². The lowest BCUT2D eigenvalue weighted by Crippen LogP contribution is -2.29. The Bertz CT molecular complexity index is 584. The minimum absolute atomic E-state index is 0.0594. The van der Waals surface area contributed by atoms with Crippen molar-refractivity contribution in [2.24, 2.45) is 5.92 Å². The lowest BCUT2D eigenvalue weighted by molar-refractivity contribution is 0.0946. The van der Waals surface area contributed by atoms with Crippen LogP contribution in [0.25, 0.3) is 0 Å². The van der Waals surface area contributed by atoms with Gasteiger partial charge in [0.05, 0.1) is 10.8 Å². The second-order valence-electron chi connectivity index (χ2n) is 4.74. The van der Waals surface area contributed by atoms with Gasteiger partial charge in [-0.1, -0.05) is 6.92 Å². The molecule has 1 aromatic carbocycles. The quantitative estimate of drug-likeness (QED) is 0.880. The van der Waals surface area contributed by atoms with Crippen LogP contribution < -0.4 is 5.32 Å². The van der Waals surface area contributed by atoms with E-state index in [9.17, 15) is 9.90 Å². The van der Waals surface area contributed by atoms with Crippen molar-refractivity contribution in [3.05, 3.63) is 47.0 Å². The van der Waals surface area contributed by atoms with Crippen molar-refractivity contribution in [2.75, 3.05) is 6.54 Å². The van der Waals surface area contributed by atoms with Crippen molar-refractivity contribution in [2.45, 2.75) is 13.5 Å². The molecule has 0 saturated heterocycles. The standard InChI is InChI=1S/C14H16BrN3O2/c1-10(8-18-5-4-16-9-18)7-17-14(20)11-2-3-12(15)13(19)6-11/h2-6,9-10,19H,7-8H2,1H3,(H,17,20). The summed E-state index contributed by atoms with van der Waals surface area (Å²) >= 11 is 3.18. The molecular formula is C14H16BrN3O2. The zero-order valence-corrected chi connectivity index (χ0v) is 12.7. The van der Waals surface area contributed by atoms with Gasteiger partial charge in [-0.25, -0.2) is 4.98 Å². The number of aromatic hydroxyl groups is 1. The summed E-state index contributed by atoms with van der Waals surface area (Å²) in [4.78, 5) is 15.9. The minimum atomic E-state index is -0.190. The number of imidazole rings is 1. The predicted molar refractivity (Wildman–Crippen MR) is 79.5 cm³/mol. The summed E-state index contributed by atoms with van der Waals surface area (Å²) in [5.41, 5.74) is 0.445. The number of halogens is 1. The highest BCUT2D eigenvalue weighted by atomic mass is 79.9. The van der Waals surface area contributed by atoms with Gasteiger partial charge in [-0.3, -0.25) is 4.79 Å². The topological polar surface area (TPSA) is 67.2 Å². The number of aromatic nitrogens is 2. The van der Waals surface area contributed by atoms with Gasteiger partial charge in [0.15, 0.2) is 0 Å². The second-order valence-corrected chi connectivity index (χ2v) is 5.60. The highest BCUT2D eigenvalue weighted by Crippen LogP contribution is 2.24. The number of hydrogen-bond acceptors (Lipinski definition) is 3. The van der Waals surface area contributed by atoms with Gasteiger partial charge in [-0.15, -0.1) is 0 Å². The molecule has 0 spiro atoms. The fourth-order valence-electron chi connectivity index (χ4n) is 1.84. The maximum absolute atomic E-state index is 12.0. The van der Waals surface area contributed by atoms with E-state index in [1.54, 1.807) is 24.7 Å². The summed E-state index contributed by atoms with van der Waals surface area (Å²) in [5.74, 6) is 0.159. The van der Waals surface area contributed by atoms with Crippen LogP contribution in [0.4, 0.5) is 0 Å². The number of carbonyl (C=O) groups excluding carboxylic acids is 1. The number of nitrogens with zero attached hydrogens (tertiary/aromatic N) is 2. The molecule has 0 aliphatic carbocycles. The van der Waals surface area contributed by atoms with Crippen molar-refractivity contribution in [3.8, 4) is 5.75 Å². The third-order valence-electron chi connectivity index (χ3n) is 2.90. The SMILES string of the molecule is CC(CNC(=O)c1ccc(Br)c(O)c1)Cn1ccnc1. The predicted octanol–water partition coefficient (Wildman–Crippen LogP) is 2.42. The van der Waals surface area contributed by atoms with Crippen molar-refractivity contribution < 1.29 is 9.90 Å². The summed E-state index contributed by atoms with van der Waals surface area (Å²) in [7, 11) is 0. The lowest BCUT2D eigenvalue weighted by atomic mass is 10.1. The third-order valence-corrected chi connectivity index (χ3v) is 3.57. The van der Waals surface area contributed by atoms with Gasteiger partial charge < -0.3 is 15.0 Å². The first-order valence-electron chi connectivity index (χ1n) is 6.28. The molecule has 1 atom stereocenters. The van der Waals surface area contributed by atoms with Crippen LogP contribution in [0.5, 0.6) is 5.75 Å². The van der Waals surface area contributed by atoms with Crippen molar-refractivity contribution in [1.29, 1.82) is 0 Å². The molecule has 0 aliphatic heterocycles. The largest absolute Gasteiger partial charge is 0.507 e. The van der Waals surface area contributed by atoms with Gasteiger partial charge >= 0.3 is 0 Å². The molecule has 1 unspecified atom stereocenters. The van der Waals surface area contributed by atoms with Crippen molar-refractivity contribution in [1.82, 2.24) is 14.9 Å². The molecule has 0 radical (unpaired) electrons. The van der Waals surface area contributed by atoms with E-state index in [4.69, 9.17) is 0 Å². The van der Waals surface area contributed by atoms with Gasteiger partial charge in [-0.2, -0.15) is 0 Å². The molecule has 2 rings (SSSR count). The second kappa shape index (κ2) is 6.56. The van der Waals surface area contributed by atoms with Gasteiger partial charge in [0.2, 0.25) is 0 Å². The summed E-state index contributed by atoms with van der Waals surface area (Å²) in [5, 5.41) is 12.4. The van der Waals surface area contributed by atoms with E-state index in [1.807, 2.05) is 10.8 Å². The van der Waals surface area contributed by atoms with Crippen LogP contribution in [-0.4, -0.2) is 27.1 Å². The molecule has 1 heterocycles. The van der Waals surface area contributed by atoms with Crippen molar-refractivity contribution >= 4 is 21.8 Å². The van der Waals surface area contributed by atoms with Crippen LogP contribution in [0.2, 0.25) is 0 Å². The Labute approximate surface area is 125 Å². The fourth-order valence-corrected chi connectivity index (χ4v) is 2.09. The highest BCUT2D eigenvalue weighted by Gasteiger charge is 2.10. The summed E-state index contributed by atoms with van der Waals surface area (Å²) in [6.07, 6.45) is 5.38. The molecule has 1 aromatic heterocycles. The molecule has 0 saturated carbocycles. The van der Waals surface area contributed by atoms with Gasteiger partial charge in [-0.05, 0) is 40.0 Å². The summed E-state index contributed by atoms with van der Waals surface area (Å²) < 4.78 is 2.55. The lowest BCUT2D eigenvalue weighted by Gasteiger charge is -2.13. The molecule has 0 aliphatic rings. The molecule has 2 N–H and O–H groups in total. The molecule has 5 nitrogen and oxygen atoms in total. The van der Waals surface area contributed by atoms with E-state index in [1.165, 1.54) is 6.07 Å². The molecule has 2 aromatic rings. The monoisotopic (exact) mass is 337 g/mol. The Morgan fingerprint density at radius 2 is 2.35 bits per heavy atom. The molecule has 0 fully saturated rings. The normalized spacial score (nSPS) is 12.1. The number of hydrogen-bond donors (Lipinski definition) is 2. The molecular weight excluding hydrogens is 322 g/mol. The molecule has 0 bridgehead atoms. The average Bonchev–Trinajstić information content (AvgIpc) is 2.92. The third kappa shape index (κ3) is 3.84. The first kappa shape index (κ1) is 14.6. The van der Waals surface area contributed by atoms with Gasteiger partial charge in [0.25, 0.3) is 5.91 Å². The number of carbonyl (C=O) groups is 1. The van der Waals surface area contributed by atoms with Crippen molar-refractivity contribution in [3.63, 3.8) is 0 Å². The fraction of sp³-hybridized carbons (Fsp3) is 0.286. The maximum Gasteiger partial charge on any atom is 0.251 e. The van der Waals surface area contributed by atoms with E-state index in [0.29, 0.717) is 16.6 Å². The van der Waals surface area contributed by atoms with Crippen LogP contribution in [0.1, 0.15) is 17.3 Å². The van der Waals surface area contributed by atoms with Gasteiger partial charge in [0.1, 0.15) is 5.75 Å². The molecule has 106 valence electrons. The summed E-state index contributed by atoms with van der Waals surface area (Å²) in [6.45, 7) is 3.42. The van der Waals surface area contributed by atoms with E-state index < -0.39 is 0 Å². The zero-order chi connectivity index (χ0) is 14.5. The Kier molecular flexibility index (Phi) is 4.79. The zero-order valence-electron chi connectivity index (χ0n) is 11.1. The highest BCUT2D eigenvalue weighted by molar-refractivity contribution is 9.10. The van der Waals surface area contributed by atoms with Crippen LogP contribution in [-0.2, 0) is 6.54 Å². The molecule has 6 heteroatoms. The van der Waals surface area contributed by atoms with E-state index in [0.717, 1.165) is 6.54 Å². The van der Waals surface area contributed by atoms with Crippen LogP contribution >= 0.6 is 15.9 Å². The number of benzene rings is 1. The van der Waals surface area contributed by atoms with Gasteiger partial charge in [0, 0.05) is 31.0 Å². The number of amides is 1. The van der Waals surface area contributed by atoms with Crippen LogP contribution in [0.3, 0.4) is 0 Å².